The van der Waals surface area contributed by atoms with Crippen LogP contribution in [0.2, 0.25) is 0 Å². The summed E-state index contributed by atoms with van der Waals surface area (Å²) in [6.07, 6.45) is 1.56. The first-order valence-corrected chi connectivity index (χ1v) is 8.63. The fourth-order valence-electron chi connectivity index (χ4n) is 1.73. The third-order valence-electron chi connectivity index (χ3n) is 3.20. The monoisotopic (exact) mass is 382 g/mol. The van der Waals surface area contributed by atoms with Crippen LogP contribution in [-0.4, -0.2) is 19.9 Å². The van der Waals surface area contributed by atoms with Crippen LogP contribution in [0.15, 0.2) is 21.5 Å². The van der Waals surface area contributed by atoms with Crippen molar-refractivity contribution in [2.45, 2.75) is 31.6 Å². The van der Waals surface area contributed by atoms with Crippen molar-refractivity contribution in [3.8, 4) is 0 Å². The Balaban J connectivity index is 3.16. The number of nitrogens with one attached hydrogen (secondary N) is 1. The first-order chi connectivity index (χ1) is 9.72. The summed E-state index contributed by atoms with van der Waals surface area (Å²) in [4.78, 5) is 9.25. The minimum atomic E-state index is -4.14. The minimum absolute atomic E-state index is 0.130. The molecule has 0 spiro atoms. The molecule has 0 heterocycles. The lowest BCUT2D eigenvalue weighted by atomic mass is 10.0. The van der Waals surface area contributed by atoms with Gasteiger partial charge in [-0.05, 0) is 21.8 Å². The first kappa shape index (κ1) is 18.0. The quantitative estimate of drug-likeness (QED) is 0.578. The number of nitro groups is 1. The number of non-ortho nitro benzene ring substituents is 1. The summed E-state index contributed by atoms with van der Waals surface area (Å²) in [5.74, 6) is -0.914. The van der Waals surface area contributed by atoms with Gasteiger partial charge in [0.15, 0.2) is 5.82 Å². The molecule has 0 aliphatic rings. The molecule has 0 amide bonds. The lowest BCUT2D eigenvalue weighted by molar-refractivity contribution is -0.385. The summed E-state index contributed by atoms with van der Waals surface area (Å²) in [5.41, 5.74) is -0.494. The van der Waals surface area contributed by atoms with Gasteiger partial charge in [-0.3, -0.25) is 10.1 Å². The lowest BCUT2D eigenvalue weighted by Crippen LogP contribution is -2.29. The van der Waals surface area contributed by atoms with Gasteiger partial charge in [-0.1, -0.05) is 26.7 Å². The summed E-state index contributed by atoms with van der Waals surface area (Å²) in [6.45, 7) is 4.01. The average molecular weight is 383 g/mol. The SMILES string of the molecule is CCC(CC)CNS(=O)(=O)c1cc([N+](=O)[O-])cc(Br)c1F. The molecule has 0 saturated carbocycles. The first-order valence-electron chi connectivity index (χ1n) is 6.36. The fourth-order valence-corrected chi connectivity index (χ4v) is 3.55. The average Bonchev–Trinajstić information content (AvgIpc) is 2.42. The molecule has 0 aliphatic heterocycles. The number of benzene rings is 1. The van der Waals surface area contributed by atoms with Gasteiger partial charge in [0, 0.05) is 18.7 Å². The van der Waals surface area contributed by atoms with E-state index in [1.807, 2.05) is 13.8 Å². The second-order valence-corrected chi connectivity index (χ2v) is 7.12. The number of hydrogen-bond donors (Lipinski definition) is 1. The van der Waals surface area contributed by atoms with Crippen LogP contribution in [0.3, 0.4) is 0 Å². The Morgan fingerprint density at radius 3 is 2.43 bits per heavy atom. The molecule has 6 nitrogen and oxygen atoms in total. The zero-order valence-corrected chi connectivity index (χ0v) is 14.0. The van der Waals surface area contributed by atoms with E-state index >= 15 is 0 Å². The maximum atomic E-state index is 13.9. The van der Waals surface area contributed by atoms with Crippen LogP contribution in [0.5, 0.6) is 0 Å². The molecule has 0 radical (unpaired) electrons. The minimum Gasteiger partial charge on any atom is -0.258 e. The maximum absolute atomic E-state index is 13.9. The molecule has 0 atom stereocenters. The molecular weight excluding hydrogens is 367 g/mol. The molecule has 0 saturated heterocycles. The highest BCUT2D eigenvalue weighted by atomic mass is 79.9. The van der Waals surface area contributed by atoms with E-state index in [9.17, 15) is 22.9 Å². The molecule has 0 bridgehead atoms. The number of hydrogen-bond acceptors (Lipinski definition) is 4. The molecule has 118 valence electrons. The van der Waals surface area contributed by atoms with Crippen LogP contribution in [0.1, 0.15) is 26.7 Å². The third kappa shape index (κ3) is 4.45. The zero-order chi connectivity index (χ0) is 16.2. The van der Waals surface area contributed by atoms with E-state index in [1.165, 1.54) is 0 Å². The lowest BCUT2D eigenvalue weighted by Gasteiger charge is -2.14. The van der Waals surface area contributed by atoms with E-state index in [1.54, 1.807) is 0 Å². The normalized spacial score (nSPS) is 11.9. The molecular formula is C12H16BrFN2O4S. The van der Waals surface area contributed by atoms with Crippen molar-refractivity contribution in [3.05, 3.63) is 32.5 Å². The van der Waals surface area contributed by atoms with Crippen molar-refractivity contribution in [1.82, 2.24) is 4.72 Å². The van der Waals surface area contributed by atoms with Crippen molar-refractivity contribution in [2.75, 3.05) is 6.54 Å². The highest BCUT2D eigenvalue weighted by Gasteiger charge is 2.25. The third-order valence-corrected chi connectivity index (χ3v) is 5.20. The Bertz CT molecular complexity index is 632. The van der Waals surface area contributed by atoms with Gasteiger partial charge < -0.3 is 0 Å². The number of nitrogens with zero attached hydrogens (tertiary/aromatic N) is 1. The molecule has 1 rings (SSSR count). The second-order valence-electron chi connectivity index (χ2n) is 4.53. The highest BCUT2D eigenvalue weighted by Crippen LogP contribution is 2.28. The van der Waals surface area contributed by atoms with Crippen LogP contribution in [0.25, 0.3) is 0 Å². The van der Waals surface area contributed by atoms with E-state index in [2.05, 4.69) is 20.7 Å². The molecule has 0 unspecified atom stereocenters. The summed E-state index contributed by atoms with van der Waals surface area (Å²) in [5, 5.41) is 10.7. The topological polar surface area (TPSA) is 89.3 Å². The van der Waals surface area contributed by atoms with Crippen LogP contribution >= 0.6 is 15.9 Å². The van der Waals surface area contributed by atoms with Crippen molar-refractivity contribution in [1.29, 1.82) is 0 Å². The fraction of sp³-hybridized carbons (Fsp3) is 0.500. The van der Waals surface area contributed by atoms with E-state index in [0.717, 1.165) is 25.0 Å². The Morgan fingerprint density at radius 2 is 1.95 bits per heavy atom. The molecule has 9 heteroatoms. The summed E-state index contributed by atoms with van der Waals surface area (Å²) >= 11 is 2.79. The summed E-state index contributed by atoms with van der Waals surface area (Å²) in [7, 11) is -4.14. The zero-order valence-electron chi connectivity index (χ0n) is 11.6. The van der Waals surface area contributed by atoms with Crippen molar-refractivity contribution >= 4 is 31.6 Å². The van der Waals surface area contributed by atoms with Crippen molar-refractivity contribution in [2.24, 2.45) is 5.92 Å². The van der Waals surface area contributed by atoms with Gasteiger partial charge in [0.2, 0.25) is 10.0 Å². The van der Waals surface area contributed by atoms with Crippen molar-refractivity contribution < 1.29 is 17.7 Å². The number of nitro benzene ring substituents is 1. The van der Waals surface area contributed by atoms with Crippen LogP contribution < -0.4 is 4.72 Å². The molecule has 1 aromatic rings. The largest absolute Gasteiger partial charge is 0.272 e. The van der Waals surface area contributed by atoms with Crippen LogP contribution in [-0.2, 0) is 10.0 Å². The molecule has 1 N–H and O–H groups in total. The Kier molecular flexibility index (Phi) is 6.24. The molecule has 1 aromatic carbocycles. The maximum Gasteiger partial charge on any atom is 0.272 e. The van der Waals surface area contributed by atoms with Crippen LogP contribution in [0, 0.1) is 21.8 Å². The Labute approximate surface area is 131 Å². The van der Waals surface area contributed by atoms with Crippen molar-refractivity contribution in [3.63, 3.8) is 0 Å². The molecule has 0 aromatic heterocycles. The van der Waals surface area contributed by atoms with E-state index in [4.69, 9.17) is 0 Å². The number of sulfonamides is 1. The highest BCUT2D eigenvalue weighted by molar-refractivity contribution is 9.10. The standard InChI is InChI=1S/C12H16BrFN2O4S/c1-3-8(4-2)7-15-21(19,20)11-6-9(16(17)18)5-10(13)12(11)14/h5-6,8,15H,3-4,7H2,1-2H3. The van der Waals surface area contributed by atoms with Gasteiger partial charge in [-0.2, -0.15) is 0 Å². The van der Waals surface area contributed by atoms with E-state index in [0.29, 0.717) is 0 Å². The Hall–Kier alpha value is -1.06. The molecule has 0 aliphatic carbocycles. The summed E-state index contributed by atoms with van der Waals surface area (Å²) in [6, 6.07) is 1.64. The predicted molar refractivity (Wildman–Crippen MR) is 80.0 cm³/mol. The summed E-state index contributed by atoms with van der Waals surface area (Å²) < 4.78 is 40.2. The van der Waals surface area contributed by atoms with Gasteiger partial charge in [0.25, 0.3) is 5.69 Å². The van der Waals surface area contributed by atoms with Crippen LogP contribution in [0.4, 0.5) is 10.1 Å². The number of rotatable bonds is 7. The van der Waals surface area contributed by atoms with Gasteiger partial charge in [-0.25, -0.2) is 17.5 Å². The predicted octanol–water partition coefficient (Wildman–Crippen LogP) is 3.21. The molecule has 21 heavy (non-hydrogen) atoms. The smallest absolute Gasteiger partial charge is 0.258 e. The van der Waals surface area contributed by atoms with Gasteiger partial charge in [0.1, 0.15) is 4.90 Å². The Morgan fingerprint density at radius 1 is 1.38 bits per heavy atom. The van der Waals surface area contributed by atoms with Gasteiger partial charge in [0.05, 0.1) is 9.40 Å². The van der Waals surface area contributed by atoms with E-state index in [-0.39, 0.29) is 16.9 Å². The van der Waals surface area contributed by atoms with Gasteiger partial charge in [-0.15, -0.1) is 0 Å². The second kappa shape index (κ2) is 7.28. The molecule has 0 fully saturated rings. The van der Waals surface area contributed by atoms with Gasteiger partial charge >= 0.3 is 0 Å². The van der Waals surface area contributed by atoms with E-state index < -0.39 is 31.3 Å². The number of halogens is 2.